The lowest BCUT2D eigenvalue weighted by Crippen LogP contribution is -2.19. The Bertz CT molecular complexity index is 544. The molecule has 0 saturated heterocycles. The van der Waals surface area contributed by atoms with E-state index >= 15 is 0 Å². The van der Waals surface area contributed by atoms with Crippen LogP contribution in [0.2, 0.25) is 5.28 Å². The minimum atomic E-state index is -0.258. The summed E-state index contributed by atoms with van der Waals surface area (Å²) in [5.41, 5.74) is 7.18. The number of anilines is 2. The molecule has 1 aromatic carbocycles. The summed E-state index contributed by atoms with van der Waals surface area (Å²) in [6, 6.07) is 6.26. The van der Waals surface area contributed by atoms with Crippen LogP contribution < -0.4 is 10.6 Å². The summed E-state index contributed by atoms with van der Waals surface area (Å²) < 4.78 is 12.8. The summed E-state index contributed by atoms with van der Waals surface area (Å²) in [5, 5.41) is 0.144. The number of nitrogens with two attached hydrogens (primary N) is 1. The molecule has 2 N–H and O–H groups in total. The second-order valence-corrected chi connectivity index (χ2v) is 4.24. The average molecular weight is 267 g/mol. The van der Waals surface area contributed by atoms with Gasteiger partial charge in [0, 0.05) is 13.6 Å². The number of aromatic nitrogens is 2. The molecule has 4 nitrogen and oxygen atoms in total. The first-order valence-electron chi connectivity index (χ1n) is 5.30. The molecule has 94 valence electrons. The molecule has 0 aliphatic carbocycles. The molecule has 2 rings (SSSR count). The van der Waals surface area contributed by atoms with E-state index in [4.69, 9.17) is 17.3 Å². The van der Waals surface area contributed by atoms with Gasteiger partial charge in [0.15, 0.2) is 5.82 Å². The van der Waals surface area contributed by atoms with E-state index in [1.807, 2.05) is 11.9 Å². The quantitative estimate of drug-likeness (QED) is 0.867. The Labute approximate surface area is 109 Å². The molecule has 0 radical (unpaired) electrons. The van der Waals surface area contributed by atoms with Crippen LogP contribution in [0.4, 0.5) is 15.9 Å². The fourth-order valence-corrected chi connectivity index (χ4v) is 1.73. The monoisotopic (exact) mass is 266 g/mol. The third kappa shape index (κ3) is 2.87. The van der Waals surface area contributed by atoms with Crippen molar-refractivity contribution in [3.8, 4) is 0 Å². The van der Waals surface area contributed by atoms with Gasteiger partial charge in [0.1, 0.15) is 5.82 Å². The van der Waals surface area contributed by atoms with Gasteiger partial charge in [-0.05, 0) is 29.3 Å². The van der Waals surface area contributed by atoms with Crippen LogP contribution in [0.5, 0.6) is 0 Å². The van der Waals surface area contributed by atoms with Gasteiger partial charge in [-0.3, -0.25) is 0 Å². The van der Waals surface area contributed by atoms with E-state index in [9.17, 15) is 4.39 Å². The molecule has 0 spiro atoms. The fraction of sp³-hybridized carbons (Fsp3) is 0.167. The molecule has 0 aliphatic heterocycles. The number of nitrogen functional groups attached to an aromatic ring is 1. The van der Waals surface area contributed by atoms with Crippen molar-refractivity contribution in [3.05, 3.63) is 47.1 Å². The predicted molar refractivity (Wildman–Crippen MR) is 70.0 cm³/mol. The largest absolute Gasteiger partial charge is 0.394 e. The molecule has 0 unspecified atom stereocenters. The van der Waals surface area contributed by atoms with Crippen LogP contribution in [-0.4, -0.2) is 17.0 Å². The molecule has 0 amide bonds. The molecule has 0 fully saturated rings. The van der Waals surface area contributed by atoms with Gasteiger partial charge in [0.2, 0.25) is 5.28 Å². The Balaban J connectivity index is 2.18. The first-order valence-corrected chi connectivity index (χ1v) is 5.67. The highest BCUT2D eigenvalue weighted by Crippen LogP contribution is 2.21. The highest BCUT2D eigenvalue weighted by Gasteiger charge is 2.09. The summed E-state index contributed by atoms with van der Waals surface area (Å²) in [7, 11) is 1.83. The molecular formula is C12H12ClFN4. The Morgan fingerprint density at radius 2 is 2.00 bits per heavy atom. The predicted octanol–water partition coefficient (Wildman–Crippen LogP) is 2.49. The van der Waals surface area contributed by atoms with E-state index in [2.05, 4.69) is 9.97 Å². The number of nitrogens with zero attached hydrogens (tertiary/aromatic N) is 3. The molecular weight excluding hydrogens is 255 g/mol. The van der Waals surface area contributed by atoms with Gasteiger partial charge in [-0.2, -0.15) is 4.98 Å². The van der Waals surface area contributed by atoms with Crippen molar-refractivity contribution < 1.29 is 4.39 Å². The second-order valence-electron chi connectivity index (χ2n) is 3.90. The maximum Gasteiger partial charge on any atom is 0.224 e. The van der Waals surface area contributed by atoms with Crippen molar-refractivity contribution in [2.24, 2.45) is 0 Å². The summed E-state index contributed by atoms with van der Waals surface area (Å²) in [6.07, 6.45) is 1.46. The molecule has 0 aliphatic rings. The number of benzene rings is 1. The highest BCUT2D eigenvalue weighted by molar-refractivity contribution is 6.28. The Hall–Kier alpha value is -1.88. The van der Waals surface area contributed by atoms with E-state index < -0.39 is 0 Å². The van der Waals surface area contributed by atoms with E-state index in [0.29, 0.717) is 18.1 Å². The van der Waals surface area contributed by atoms with Crippen molar-refractivity contribution >= 4 is 23.1 Å². The third-order valence-corrected chi connectivity index (χ3v) is 2.64. The standard InChI is InChI=1S/C12H12ClFN4/c1-18(7-8-2-4-9(14)5-3-8)11-10(15)6-16-12(13)17-11/h2-6H,7,15H2,1H3. The maximum atomic E-state index is 12.8. The first kappa shape index (κ1) is 12.6. The zero-order valence-electron chi connectivity index (χ0n) is 9.77. The third-order valence-electron chi connectivity index (χ3n) is 2.46. The van der Waals surface area contributed by atoms with Crippen LogP contribution in [0.15, 0.2) is 30.5 Å². The van der Waals surface area contributed by atoms with E-state index in [1.54, 1.807) is 12.1 Å². The van der Waals surface area contributed by atoms with Crippen LogP contribution >= 0.6 is 11.6 Å². The zero-order valence-corrected chi connectivity index (χ0v) is 10.5. The topological polar surface area (TPSA) is 55.0 Å². The normalized spacial score (nSPS) is 10.4. The van der Waals surface area contributed by atoms with Crippen LogP contribution in [0.25, 0.3) is 0 Å². The molecule has 1 aromatic heterocycles. The summed E-state index contributed by atoms with van der Waals surface area (Å²) in [4.78, 5) is 9.69. The van der Waals surface area contributed by atoms with E-state index in [-0.39, 0.29) is 11.1 Å². The van der Waals surface area contributed by atoms with Gasteiger partial charge in [0.25, 0.3) is 0 Å². The molecule has 6 heteroatoms. The molecule has 0 atom stereocenters. The van der Waals surface area contributed by atoms with Crippen LogP contribution in [0.1, 0.15) is 5.56 Å². The molecule has 0 bridgehead atoms. The Kier molecular flexibility index (Phi) is 3.62. The first-order chi connectivity index (χ1) is 8.56. The van der Waals surface area contributed by atoms with Gasteiger partial charge in [-0.15, -0.1) is 0 Å². The van der Waals surface area contributed by atoms with Crippen molar-refractivity contribution in [3.63, 3.8) is 0 Å². The second kappa shape index (κ2) is 5.18. The maximum absolute atomic E-state index is 12.8. The SMILES string of the molecule is CN(Cc1ccc(F)cc1)c1nc(Cl)ncc1N. The smallest absolute Gasteiger partial charge is 0.224 e. The van der Waals surface area contributed by atoms with Crippen molar-refractivity contribution in [2.45, 2.75) is 6.54 Å². The van der Waals surface area contributed by atoms with Crippen LogP contribution in [0.3, 0.4) is 0 Å². The fourth-order valence-electron chi connectivity index (χ4n) is 1.61. The van der Waals surface area contributed by atoms with Gasteiger partial charge >= 0.3 is 0 Å². The molecule has 0 saturated carbocycles. The lowest BCUT2D eigenvalue weighted by atomic mass is 10.2. The van der Waals surface area contributed by atoms with Crippen LogP contribution in [-0.2, 0) is 6.54 Å². The Morgan fingerprint density at radius 3 is 2.67 bits per heavy atom. The molecule has 18 heavy (non-hydrogen) atoms. The lowest BCUT2D eigenvalue weighted by molar-refractivity contribution is 0.627. The van der Waals surface area contributed by atoms with Crippen LogP contribution in [0, 0.1) is 5.82 Å². The van der Waals surface area contributed by atoms with Crippen molar-refractivity contribution in [1.82, 2.24) is 9.97 Å². The average Bonchev–Trinajstić information content (AvgIpc) is 2.35. The van der Waals surface area contributed by atoms with Gasteiger partial charge in [-0.1, -0.05) is 12.1 Å². The van der Waals surface area contributed by atoms with Gasteiger partial charge in [0.05, 0.1) is 11.9 Å². The Morgan fingerprint density at radius 1 is 1.33 bits per heavy atom. The van der Waals surface area contributed by atoms with Crippen molar-refractivity contribution in [1.29, 1.82) is 0 Å². The summed E-state index contributed by atoms with van der Waals surface area (Å²) in [6.45, 7) is 0.553. The number of hydrogen-bond acceptors (Lipinski definition) is 4. The highest BCUT2D eigenvalue weighted by atomic mass is 35.5. The zero-order chi connectivity index (χ0) is 13.1. The van der Waals surface area contributed by atoms with Gasteiger partial charge < -0.3 is 10.6 Å². The van der Waals surface area contributed by atoms with Gasteiger partial charge in [-0.25, -0.2) is 9.37 Å². The number of halogens is 2. The summed E-state index contributed by atoms with van der Waals surface area (Å²) in [5.74, 6) is 0.297. The minimum Gasteiger partial charge on any atom is -0.394 e. The number of hydrogen-bond donors (Lipinski definition) is 1. The number of rotatable bonds is 3. The molecule has 2 aromatic rings. The van der Waals surface area contributed by atoms with Crippen molar-refractivity contribution in [2.75, 3.05) is 17.7 Å². The lowest BCUT2D eigenvalue weighted by Gasteiger charge is -2.19. The van der Waals surface area contributed by atoms with E-state index in [1.165, 1.54) is 18.3 Å². The summed E-state index contributed by atoms with van der Waals surface area (Å²) >= 11 is 5.73. The minimum absolute atomic E-state index is 0.144. The molecule has 1 heterocycles. The van der Waals surface area contributed by atoms with E-state index in [0.717, 1.165) is 5.56 Å².